The molecule has 1 aromatic heterocycles. The van der Waals surface area contributed by atoms with Crippen molar-refractivity contribution in [3.63, 3.8) is 0 Å². The molecule has 0 fully saturated rings. The molecule has 0 unspecified atom stereocenters. The molecule has 0 aliphatic carbocycles. The summed E-state index contributed by atoms with van der Waals surface area (Å²) in [5, 5.41) is 5.43. The van der Waals surface area contributed by atoms with Gasteiger partial charge in [-0.1, -0.05) is 18.2 Å². The smallest absolute Gasteiger partial charge is 0.320 e. The summed E-state index contributed by atoms with van der Waals surface area (Å²) in [4.78, 5) is 15.7. The third-order valence-corrected chi connectivity index (χ3v) is 3.40. The molecule has 0 aliphatic heterocycles. The summed E-state index contributed by atoms with van der Waals surface area (Å²) < 4.78 is 6.53. The molecule has 0 spiro atoms. The molecule has 6 heteroatoms. The Labute approximate surface area is 138 Å². The minimum atomic E-state index is -0.272. The largest absolute Gasteiger partial charge is 0.493 e. The maximum absolute atomic E-state index is 11.7. The SMILES string of the molecule is Cc1ccccc1OCCCNC(=O)Nc1ccc(Br)cn1. The third kappa shape index (κ3) is 5.37. The number of halogens is 1. The first-order valence-electron chi connectivity index (χ1n) is 7.00. The molecule has 2 amide bonds. The number of carbonyl (C=O) groups is 1. The lowest BCUT2D eigenvalue weighted by Crippen LogP contribution is -2.30. The Hall–Kier alpha value is -2.08. The van der Waals surface area contributed by atoms with E-state index in [1.807, 2.05) is 37.3 Å². The van der Waals surface area contributed by atoms with E-state index in [1.54, 1.807) is 12.3 Å². The Morgan fingerprint density at radius 3 is 2.82 bits per heavy atom. The summed E-state index contributed by atoms with van der Waals surface area (Å²) in [6, 6.07) is 11.1. The number of nitrogens with zero attached hydrogens (tertiary/aromatic N) is 1. The second-order valence-corrected chi connectivity index (χ2v) is 5.63. The van der Waals surface area contributed by atoms with Crippen LogP contribution in [0.15, 0.2) is 47.1 Å². The van der Waals surface area contributed by atoms with Crippen LogP contribution in [0.3, 0.4) is 0 Å². The number of amides is 2. The molecule has 5 nitrogen and oxygen atoms in total. The molecule has 2 aromatic rings. The van der Waals surface area contributed by atoms with Gasteiger partial charge < -0.3 is 10.1 Å². The maximum Gasteiger partial charge on any atom is 0.320 e. The number of nitrogens with one attached hydrogen (secondary N) is 2. The first-order valence-corrected chi connectivity index (χ1v) is 7.79. The van der Waals surface area contributed by atoms with E-state index >= 15 is 0 Å². The van der Waals surface area contributed by atoms with E-state index in [4.69, 9.17) is 4.74 Å². The zero-order chi connectivity index (χ0) is 15.8. The average Bonchev–Trinajstić information content (AvgIpc) is 2.51. The monoisotopic (exact) mass is 363 g/mol. The van der Waals surface area contributed by atoms with Gasteiger partial charge in [0.1, 0.15) is 11.6 Å². The standard InChI is InChI=1S/C16H18BrN3O2/c1-12-5-2-3-6-14(12)22-10-4-9-18-16(21)20-15-8-7-13(17)11-19-15/h2-3,5-8,11H,4,9-10H2,1H3,(H2,18,19,20,21). The molecule has 0 saturated carbocycles. The number of ether oxygens (including phenoxy) is 1. The van der Waals surface area contributed by atoms with Gasteiger partial charge in [-0.2, -0.15) is 0 Å². The van der Waals surface area contributed by atoms with E-state index in [2.05, 4.69) is 31.5 Å². The predicted molar refractivity (Wildman–Crippen MR) is 90.2 cm³/mol. The van der Waals surface area contributed by atoms with Gasteiger partial charge in [0, 0.05) is 17.2 Å². The number of aromatic nitrogens is 1. The van der Waals surface area contributed by atoms with Gasteiger partial charge in [0.25, 0.3) is 0 Å². The van der Waals surface area contributed by atoms with E-state index < -0.39 is 0 Å². The number of benzene rings is 1. The highest BCUT2D eigenvalue weighted by Gasteiger charge is 2.02. The number of para-hydroxylation sites is 1. The molecule has 0 atom stereocenters. The molecule has 2 N–H and O–H groups in total. The van der Waals surface area contributed by atoms with Crippen LogP contribution >= 0.6 is 15.9 Å². The molecule has 2 rings (SSSR count). The summed E-state index contributed by atoms with van der Waals surface area (Å²) in [5.41, 5.74) is 1.11. The Bertz CT molecular complexity index is 617. The van der Waals surface area contributed by atoms with E-state index in [9.17, 15) is 4.79 Å². The van der Waals surface area contributed by atoms with Crippen molar-refractivity contribution >= 4 is 27.8 Å². The number of carbonyl (C=O) groups excluding carboxylic acids is 1. The lowest BCUT2D eigenvalue weighted by molar-refractivity contribution is 0.250. The van der Waals surface area contributed by atoms with Gasteiger partial charge in [0.2, 0.25) is 0 Å². The topological polar surface area (TPSA) is 63.2 Å². The van der Waals surface area contributed by atoms with Gasteiger partial charge in [-0.15, -0.1) is 0 Å². The van der Waals surface area contributed by atoms with Gasteiger partial charge in [0.15, 0.2) is 0 Å². The minimum Gasteiger partial charge on any atom is -0.493 e. The third-order valence-electron chi connectivity index (χ3n) is 2.93. The van der Waals surface area contributed by atoms with Crippen LogP contribution < -0.4 is 15.4 Å². The summed E-state index contributed by atoms with van der Waals surface area (Å²) >= 11 is 3.29. The summed E-state index contributed by atoms with van der Waals surface area (Å²) in [6.45, 7) is 3.10. The van der Waals surface area contributed by atoms with Crippen molar-refractivity contribution in [1.82, 2.24) is 10.3 Å². The fraction of sp³-hybridized carbons (Fsp3) is 0.250. The maximum atomic E-state index is 11.7. The number of hydrogen-bond acceptors (Lipinski definition) is 3. The summed E-state index contributed by atoms with van der Waals surface area (Å²) in [7, 11) is 0. The highest BCUT2D eigenvalue weighted by Crippen LogP contribution is 2.16. The highest BCUT2D eigenvalue weighted by molar-refractivity contribution is 9.10. The van der Waals surface area contributed by atoms with Gasteiger partial charge in [-0.05, 0) is 53.0 Å². The van der Waals surface area contributed by atoms with Gasteiger partial charge >= 0.3 is 6.03 Å². The van der Waals surface area contributed by atoms with Crippen molar-refractivity contribution in [3.05, 3.63) is 52.6 Å². The van der Waals surface area contributed by atoms with Crippen LogP contribution in [-0.2, 0) is 0 Å². The number of pyridine rings is 1. The van der Waals surface area contributed by atoms with E-state index in [0.717, 1.165) is 22.2 Å². The Balaban J connectivity index is 1.63. The van der Waals surface area contributed by atoms with Crippen molar-refractivity contribution in [1.29, 1.82) is 0 Å². The zero-order valence-electron chi connectivity index (χ0n) is 12.3. The quantitative estimate of drug-likeness (QED) is 0.768. The van der Waals surface area contributed by atoms with Crippen LogP contribution in [0.1, 0.15) is 12.0 Å². The van der Waals surface area contributed by atoms with Crippen LogP contribution in [0.2, 0.25) is 0 Å². The van der Waals surface area contributed by atoms with Gasteiger partial charge in [0.05, 0.1) is 6.61 Å². The number of hydrogen-bond donors (Lipinski definition) is 2. The van der Waals surface area contributed by atoms with E-state index in [0.29, 0.717) is 19.0 Å². The lowest BCUT2D eigenvalue weighted by Gasteiger charge is -2.09. The van der Waals surface area contributed by atoms with Crippen LogP contribution in [-0.4, -0.2) is 24.2 Å². The van der Waals surface area contributed by atoms with Crippen molar-refractivity contribution in [2.24, 2.45) is 0 Å². The Morgan fingerprint density at radius 2 is 2.09 bits per heavy atom. The normalized spacial score (nSPS) is 10.1. The van der Waals surface area contributed by atoms with E-state index in [1.165, 1.54) is 0 Å². The van der Waals surface area contributed by atoms with E-state index in [-0.39, 0.29) is 6.03 Å². The fourth-order valence-electron chi connectivity index (χ4n) is 1.78. The van der Waals surface area contributed by atoms with Crippen LogP contribution in [0, 0.1) is 6.92 Å². The molecular formula is C16H18BrN3O2. The second-order valence-electron chi connectivity index (χ2n) is 4.71. The highest BCUT2D eigenvalue weighted by atomic mass is 79.9. The lowest BCUT2D eigenvalue weighted by atomic mass is 10.2. The molecule has 0 saturated heterocycles. The number of urea groups is 1. The molecule has 1 heterocycles. The summed E-state index contributed by atoms with van der Waals surface area (Å²) in [6.07, 6.45) is 2.36. The predicted octanol–water partition coefficient (Wildman–Crippen LogP) is 3.74. The molecular weight excluding hydrogens is 346 g/mol. The number of aryl methyl sites for hydroxylation is 1. The van der Waals surface area contributed by atoms with Crippen molar-refractivity contribution in [3.8, 4) is 5.75 Å². The second kappa shape index (κ2) is 8.38. The Morgan fingerprint density at radius 1 is 1.27 bits per heavy atom. The van der Waals surface area contributed by atoms with Crippen molar-refractivity contribution in [2.75, 3.05) is 18.5 Å². The van der Waals surface area contributed by atoms with Crippen molar-refractivity contribution < 1.29 is 9.53 Å². The average molecular weight is 364 g/mol. The molecule has 116 valence electrons. The fourth-order valence-corrected chi connectivity index (χ4v) is 2.02. The van der Waals surface area contributed by atoms with Gasteiger partial charge in [-0.25, -0.2) is 9.78 Å². The number of anilines is 1. The zero-order valence-corrected chi connectivity index (χ0v) is 13.9. The van der Waals surface area contributed by atoms with Crippen LogP contribution in [0.5, 0.6) is 5.75 Å². The molecule has 1 aromatic carbocycles. The van der Waals surface area contributed by atoms with Crippen LogP contribution in [0.25, 0.3) is 0 Å². The molecule has 0 bridgehead atoms. The molecule has 22 heavy (non-hydrogen) atoms. The number of rotatable bonds is 6. The van der Waals surface area contributed by atoms with Gasteiger partial charge in [-0.3, -0.25) is 5.32 Å². The first kappa shape index (κ1) is 16.3. The molecule has 0 aliphatic rings. The molecule has 0 radical (unpaired) electrons. The van der Waals surface area contributed by atoms with Crippen LogP contribution in [0.4, 0.5) is 10.6 Å². The van der Waals surface area contributed by atoms with Crippen molar-refractivity contribution in [2.45, 2.75) is 13.3 Å². The first-order chi connectivity index (χ1) is 10.6. The Kier molecular flexibility index (Phi) is 6.21. The minimum absolute atomic E-state index is 0.272. The summed E-state index contributed by atoms with van der Waals surface area (Å²) in [5.74, 6) is 1.39.